The zero-order valence-corrected chi connectivity index (χ0v) is 10.2. The van der Waals surface area contributed by atoms with Gasteiger partial charge in [-0.15, -0.1) is 0 Å². The number of halogens is 1. The van der Waals surface area contributed by atoms with Crippen molar-refractivity contribution in [3.05, 3.63) is 40.5 Å². The maximum Gasteiger partial charge on any atom is 0.332 e. The molecule has 0 heterocycles. The summed E-state index contributed by atoms with van der Waals surface area (Å²) < 4.78 is 5.47. The minimum Gasteiger partial charge on any atom is -0.466 e. The topological polar surface area (TPSA) is 38.3 Å². The number of ether oxygens (including phenoxy) is 1. The van der Waals surface area contributed by atoms with Crippen molar-refractivity contribution < 1.29 is 9.53 Å². The maximum atomic E-state index is 10.9. The second-order valence-corrected chi connectivity index (χ2v) is 3.81. The number of carbonyl (C=O) groups is 1. The number of methoxy groups -OCH3 is 1. The third-order valence-electron chi connectivity index (χ3n) is 1.74. The molecule has 4 heteroatoms. The smallest absolute Gasteiger partial charge is 0.332 e. The first kappa shape index (κ1) is 11.8. The van der Waals surface area contributed by atoms with Crippen LogP contribution in [0.3, 0.4) is 0 Å². The van der Waals surface area contributed by atoms with Crippen LogP contribution < -0.4 is 5.32 Å². The Hall–Kier alpha value is -1.29. The highest BCUT2D eigenvalue weighted by Crippen LogP contribution is 2.22. The molecule has 0 saturated heterocycles. The fourth-order valence-corrected chi connectivity index (χ4v) is 1.43. The van der Waals surface area contributed by atoms with E-state index in [2.05, 4.69) is 26.0 Å². The zero-order chi connectivity index (χ0) is 11.3. The zero-order valence-electron chi connectivity index (χ0n) is 8.58. The minimum atomic E-state index is -0.368. The van der Waals surface area contributed by atoms with Gasteiger partial charge >= 0.3 is 5.97 Å². The first-order valence-corrected chi connectivity index (χ1v) is 5.20. The van der Waals surface area contributed by atoms with Crippen molar-refractivity contribution in [2.75, 3.05) is 12.4 Å². The average molecular weight is 270 g/mol. The first-order valence-electron chi connectivity index (χ1n) is 4.41. The summed E-state index contributed by atoms with van der Waals surface area (Å²) in [6, 6.07) is 7.68. The van der Waals surface area contributed by atoms with Gasteiger partial charge < -0.3 is 10.1 Å². The second-order valence-electron chi connectivity index (χ2n) is 2.96. The molecule has 0 unspecified atom stereocenters. The van der Waals surface area contributed by atoms with Crippen LogP contribution in [0.1, 0.15) is 6.92 Å². The molecule has 0 fully saturated rings. The number of hydrogen-bond acceptors (Lipinski definition) is 3. The molecule has 1 aromatic rings. The van der Waals surface area contributed by atoms with Gasteiger partial charge in [0, 0.05) is 16.2 Å². The molecule has 1 rings (SSSR count). The number of carbonyl (C=O) groups excluding carboxylic acids is 1. The summed E-state index contributed by atoms with van der Waals surface area (Å²) >= 11 is 3.40. The van der Waals surface area contributed by atoms with Crippen LogP contribution in [0, 0.1) is 0 Å². The van der Waals surface area contributed by atoms with Crippen molar-refractivity contribution in [2.24, 2.45) is 0 Å². The molecule has 0 aliphatic rings. The van der Waals surface area contributed by atoms with Crippen LogP contribution in [0.5, 0.6) is 0 Å². The van der Waals surface area contributed by atoms with Gasteiger partial charge in [-0.3, -0.25) is 0 Å². The average Bonchev–Trinajstić information content (AvgIpc) is 2.21. The van der Waals surface area contributed by atoms with E-state index in [1.165, 1.54) is 13.2 Å². The van der Waals surface area contributed by atoms with Gasteiger partial charge in [0.05, 0.1) is 12.8 Å². The van der Waals surface area contributed by atoms with Crippen molar-refractivity contribution in [1.82, 2.24) is 0 Å². The van der Waals surface area contributed by atoms with Crippen molar-refractivity contribution in [2.45, 2.75) is 6.92 Å². The van der Waals surface area contributed by atoms with E-state index < -0.39 is 0 Å². The summed E-state index contributed by atoms with van der Waals surface area (Å²) in [4.78, 5) is 10.9. The lowest BCUT2D eigenvalue weighted by atomic mass is 10.3. The molecular formula is C11H12BrNO2. The standard InChI is InChI=1S/C11H12BrNO2/c1-8(7-11(14)15-2)13-10-6-4-3-5-9(10)12/h3-7,13H,1-2H3. The molecule has 15 heavy (non-hydrogen) atoms. The van der Waals surface area contributed by atoms with E-state index in [0.29, 0.717) is 0 Å². The summed E-state index contributed by atoms with van der Waals surface area (Å²) in [5, 5.41) is 3.09. The maximum absolute atomic E-state index is 10.9. The Balaban J connectivity index is 2.74. The van der Waals surface area contributed by atoms with Crippen molar-refractivity contribution in [3.63, 3.8) is 0 Å². The van der Waals surface area contributed by atoms with Crippen LogP contribution in [0.25, 0.3) is 0 Å². The lowest BCUT2D eigenvalue weighted by molar-refractivity contribution is -0.134. The number of benzene rings is 1. The van der Waals surface area contributed by atoms with Gasteiger partial charge in [-0.1, -0.05) is 12.1 Å². The van der Waals surface area contributed by atoms with Crippen LogP contribution in [0.4, 0.5) is 5.69 Å². The summed E-state index contributed by atoms with van der Waals surface area (Å²) in [6.45, 7) is 1.80. The van der Waals surface area contributed by atoms with Crippen molar-refractivity contribution >= 4 is 27.6 Å². The second kappa shape index (κ2) is 5.56. The number of hydrogen-bond donors (Lipinski definition) is 1. The first-order chi connectivity index (χ1) is 7.13. The third-order valence-corrected chi connectivity index (χ3v) is 2.43. The van der Waals surface area contributed by atoms with E-state index in [4.69, 9.17) is 0 Å². The molecule has 0 aliphatic carbocycles. The summed E-state index contributed by atoms with van der Waals surface area (Å²) in [6.07, 6.45) is 1.40. The number of esters is 1. The van der Waals surface area contributed by atoms with Gasteiger partial charge in [0.1, 0.15) is 0 Å². The largest absolute Gasteiger partial charge is 0.466 e. The molecule has 0 amide bonds. The highest BCUT2D eigenvalue weighted by atomic mass is 79.9. The fraction of sp³-hybridized carbons (Fsp3) is 0.182. The molecule has 0 radical (unpaired) electrons. The number of rotatable bonds is 3. The Morgan fingerprint density at radius 2 is 2.13 bits per heavy atom. The SMILES string of the molecule is COC(=O)C=C(C)Nc1ccccc1Br. The Bertz CT molecular complexity index is 388. The highest BCUT2D eigenvalue weighted by Gasteiger charge is 2.00. The molecule has 1 N–H and O–H groups in total. The number of anilines is 1. The highest BCUT2D eigenvalue weighted by molar-refractivity contribution is 9.10. The predicted molar refractivity (Wildman–Crippen MR) is 63.5 cm³/mol. The fourth-order valence-electron chi connectivity index (χ4n) is 1.05. The molecule has 3 nitrogen and oxygen atoms in total. The van der Waals surface area contributed by atoms with Gasteiger partial charge in [-0.25, -0.2) is 4.79 Å². The lowest BCUT2D eigenvalue weighted by Crippen LogP contribution is -2.02. The van der Waals surface area contributed by atoms with Crippen LogP contribution in [-0.4, -0.2) is 13.1 Å². The molecule has 0 spiro atoms. The molecule has 1 aromatic carbocycles. The summed E-state index contributed by atoms with van der Waals surface area (Å²) in [7, 11) is 1.35. The Labute approximate surface area is 97.3 Å². The summed E-state index contributed by atoms with van der Waals surface area (Å²) in [5.74, 6) is -0.368. The summed E-state index contributed by atoms with van der Waals surface area (Å²) in [5.41, 5.74) is 1.64. The van der Waals surface area contributed by atoms with Crippen molar-refractivity contribution in [3.8, 4) is 0 Å². The number of allylic oxidation sites excluding steroid dienone is 1. The van der Waals surface area contributed by atoms with Gasteiger partial charge in [-0.2, -0.15) is 0 Å². The normalized spacial score (nSPS) is 11.0. The minimum absolute atomic E-state index is 0.368. The Morgan fingerprint density at radius 1 is 1.47 bits per heavy atom. The Kier molecular flexibility index (Phi) is 4.37. The number of para-hydroxylation sites is 1. The Morgan fingerprint density at radius 3 is 2.73 bits per heavy atom. The molecule has 0 bridgehead atoms. The van der Waals surface area contributed by atoms with E-state index in [0.717, 1.165) is 15.9 Å². The molecular weight excluding hydrogens is 258 g/mol. The molecule has 80 valence electrons. The van der Waals surface area contributed by atoms with Crippen LogP contribution in [0.2, 0.25) is 0 Å². The van der Waals surface area contributed by atoms with Crippen LogP contribution >= 0.6 is 15.9 Å². The van der Waals surface area contributed by atoms with E-state index >= 15 is 0 Å². The predicted octanol–water partition coefficient (Wildman–Crippen LogP) is 2.94. The van der Waals surface area contributed by atoms with Crippen LogP contribution in [-0.2, 0) is 9.53 Å². The van der Waals surface area contributed by atoms with Gasteiger partial charge in [0.2, 0.25) is 0 Å². The van der Waals surface area contributed by atoms with Gasteiger partial charge in [-0.05, 0) is 35.0 Å². The monoisotopic (exact) mass is 269 g/mol. The molecule has 0 aliphatic heterocycles. The quantitative estimate of drug-likeness (QED) is 0.678. The lowest BCUT2D eigenvalue weighted by Gasteiger charge is -2.07. The van der Waals surface area contributed by atoms with Crippen LogP contribution in [0.15, 0.2) is 40.5 Å². The van der Waals surface area contributed by atoms with Gasteiger partial charge in [0.15, 0.2) is 0 Å². The van der Waals surface area contributed by atoms with Crippen molar-refractivity contribution in [1.29, 1.82) is 0 Å². The van der Waals surface area contributed by atoms with E-state index in [1.54, 1.807) is 6.92 Å². The van der Waals surface area contributed by atoms with E-state index in [1.807, 2.05) is 24.3 Å². The number of nitrogens with one attached hydrogen (secondary N) is 1. The van der Waals surface area contributed by atoms with E-state index in [-0.39, 0.29) is 5.97 Å². The molecule has 0 aromatic heterocycles. The molecule has 0 atom stereocenters. The van der Waals surface area contributed by atoms with Gasteiger partial charge in [0.25, 0.3) is 0 Å². The van der Waals surface area contributed by atoms with E-state index in [9.17, 15) is 4.79 Å². The third kappa shape index (κ3) is 3.75. The molecule has 0 saturated carbocycles.